The number of fused-ring (bicyclic) bond motifs is 1. The minimum atomic E-state index is -0.102. The Morgan fingerprint density at radius 3 is 2.67 bits per heavy atom. The number of nitrogens with zero attached hydrogens (tertiary/aromatic N) is 4. The third-order valence-corrected chi connectivity index (χ3v) is 7.18. The van der Waals surface area contributed by atoms with Gasteiger partial charge in [0, 0.05) is 62.7 Å². The number of carbonyl (C=O) groups is 1. The Morgan fingerprint density at radius 2 is 1.86 bits per heavy atom. The van der Waals surface area contributed by atoms with Crippen molar-refractivity contribution >= 4 is 17.7 Å². The molecular weight excluding hydrogens is 444 g/mol. The van der Waals surface area contributed by atoms with Gasteiger partial charge in [0.1, 0.15) is 6.04 Å². The van der Waals surface area contributed by atoms with Gasteiger partial charge in [0.05, 0.1) is 11.3 Å². The third-order valence-electron chi connectivity index (χ3n) is 7.18. The summed E-state index contributed by atoms with van der Waals surface area (Å²) in [5.41, 5.74) is 8.06. The number of piperazine rings is 1. The second-order valence-corrected chi connectivity index (χ2v) is 9.92. The van der Waals surface area contributed by atoms with E-state index in [-0.39, 0.29) is 11.8 Å². The van der Waals surface area contributed by atoms with Gasteiger partial charge in [-0.05, 0) is 61.4 Å². The maximum absolute atomic E-state index is 13.2. The summed E-state index contributed by atoms with van der Waals surface area (Å²) in [5.74, 6) is 6.60. The Morgan fingerprint density at radius 1 is 1.03 bits per heavy atom. The van der Waals surface area contributed by atoms with E-state index < -0.39 is 0 Å². The van der Waals surface area contributed by atoms with E-state index in [4.69, 9.17) is 0 Å². The van der Waals surface area contributed by atoms with Crippen LogP contribution in [0.3, 0.4) is 0 Å². The highest BCUT2D eigenvalue weighted by molar-refractivity contribution is 6.09. The zero-order valence-electron chi connectivity index (χ0n) is 21.3. The van der Waals surface area contributed by atoms with Crippen LogP contribution in [0.15, 0.2) is 70.3 Å². The predicted molar refractivity (Wildman–Crippen MR) is 147 cm³/mol. The van der Waals surface area contributed by atoms with Gasteiger partial charge in [-0.1, -0.05) is 42.2 Å². The summed E-state index contributed by atoms with van der Waals surface area (Å²) >= 11 is 0. The molecule has 0 radical (unpaired) electrons. The van der Waals surface area contributed by atoms with Crippen molar-refractivity contribution in [3.8, 4) is 11.8 Å². The van der Waals surface area contributed by atoms with Gasteiger partial charge in [-0.25, -0.2) is 0 Å². The van der Waals surface area contributed by atoms with Crippen molar-refractivity contribution in [3.63, 3.8) is 0 Å². The van der Waals surface area contributed by atoms with Crippen LogP contribution in [-0.4, -0.2) is 66.8 Å². The highest BCUT2D eigenvalue weighted by atomic mass is 16.1. The Labute approximate surface area is 213 Å². The first-order valence-corrected chi connectivity index (χ1v) is 12.6. The highest BCUT2D eigenvalue weighted by Gasteiger charge is 2.22. The lowest BCUT2D eigenvalue weighted by Gasteiger charge is -2.32. The summed E-state index contributed by atoms with van der Waals surface area (Å²) in [6.07, 6.45) is 7.82. The number of dihydropyridines is 1. The molecular formula is C31H32N4O. The molecule has 5 nitrogen and oxygen atoms in total. The fourth-order valence-electron chi connectivity index (χ4n) is 4.76. The van der Waals surface area contributed by atoms with Crippen LogP contribution in [-0.2, 0) is 13.0 Å². The van der Waals surface area contributed by atoms with Crippen LogP contribution >= 0.6 is 0 Å². The molecule has 182 valence electrons. The number of carbonyl (C=O) groups excluding carboxylic acids is 1. The van der Waals surface area contributed by atoms with Gasteiger partial charge in [-0.3, -0.25) is 19.7 Å². The Balaban J connectivity index is 1.25. The molecule has 3 aliphatic heterocycles. The lowest BCUT2D eigenvalue weighted by atomic mass is 9.96. The van der Waals surface area contributed by atoms with E-state index in [0.29, 0.717) is 12.0 Å². The molecule has 1 fully saturated rings. The first kappa shape index (κ1) is 24.1. The number of aryl methyl sites for hydroxylation is 2. The van der Waals surface area contributed by atoms with Crippen molar-refractivity contribution < 1.29 is 4.79 Å². The first-order chi connectivity index (χ1) is 17.5. The average molecular weight is 477 g/mol. The summed E-state index contributed by atoms with van der Waals surface area (Å²) in [4.78, 5) is 26.9. The van der Waals surface area contributed by atoms with Gasteiger partial charge in [-0.2, -0.15) is 0 Å². The van der Waals surface area contributed by atoms with E-state index in [1.807, 2.05) is 37.3 Å². The van der Waals surface area contributed by atoms with E-state index in [2.05, 4.69) is 63.8 Å². The second kappa shape index (κ2) is 10.6. The maximum Gasteiger partial charge on any atom is 0.167 e. The molecule has 0 bridgehead atoms. The molecule has 36 heavy (non-hydrogen) atoms. The molecule has 1 saturated heterocycles. The van der Waals surface area contributed by atoms with E-state index in [9.17, 15) is 4.79 Å². The number of rotatable bonds is 5. The van der Waals surface area contributed by atoms with Crippen molar-refractivity contribution in [2.45, 2.75) is 32.9 Å². The molecule has 1 unspecified atom stereocenters. The quantitative estimate of drug-likeness (QED) is 0.481. The van der Waals surface area contributed by atoms with Crippen LogP contribution in [0.5, 0.6) is 0 Å². The van der Waals surface area contributed by atoms with Gasteiger partial charge in [0.25, 0.3) is 0 Å². The SMILES string of the molecule is Cc1ccc(C(=O)Cc2ccc(CN3CCN(C)CC3)c(C)c2)cc1C#CC1=CN=C2C=CC=NC12. The summed E-state index contributed by atoms with van der Waals surface area (Å²) in [5, 5.41) is 0. The largest absolute Gasteiger partial charge is 0.304 e. The maximum atomic E-state index is 13.2. The standard InChI is InChI=1S/C31H32N4O/c1-22-6-8-26(19-25(22)10-11-27-20-33-29-5-4-12-32-31(27)29)30(36)18-24-7-9-28(23(2)17-24)21-35-15-13-34(3)14-16-35/h4-9,12,17,19-20,31H,13-16,18,21H2,1-3H3. The summed E-state index contributed by atoms with van der Waals surface area (Å²) in [6.45, 7) is 9.58. The number of allylic oxidation sites excluding steroid dienone is 1. The van der Waals surface area contributed by atoms with Gasteiger partial charge in [-0.15, -0.1) is 0 Å². The molecule has 1 atom stereocenters. The molecule has 0 aromatic heterocycles. The summed E-state index contributed by atoms with van der Waals surface area (Å²) < 4.78 is 0. The number of Topliss-reactive ketones (excluding diaryl/α,β-unsaturated/α-hetero) is 1. The predicted octanol–water partition coefficient (Wildman–Crippen LogP) is 4.18. The second-order valence-electron chi connectivity index (χ2n) is 9.92. The number of likely N-dealkylation sites (N-methyl/N-ethyl adjacent to an activating group) is 1. The number of benzene rings is 2. The van der Waals surface area contributed by atoms with Crippen molar-refractivity contribution in [2.24, 2.45) is 9.98 Å². The van der Waals surface area contributed by atoms with Crippen LogP contribution in [0.2, 0.25) is 0 Å². The molecule has 0 amide bonds. The minimum Gasteiger partial charge on any atom is -0.304 e. The molecule has 0 aliphatic carbocycles. The van der Waals surface area contributed by atoms with Crippen LogP contribution in [0, 0.1) is 25.7 Å². The van der Waals surface area contributed by atoms with Gasteiger partial charge >= 0.3 is 0 Å². The molecule has 3 heterocycles. The van der Waals surface area contributed by atoms with E-state index in [0.717, 1.165) is 60.7 Å². The molecule has 3 aliphatic rings. The molecule has 5 heteroatoms. The van der Waals surface area contributed by atoms with Crippen molar-refractivity contribution in [1.82, 2.24) is 9.80 Å². The normalized spacial score (nSPS) is 19.4. The smallest absolute Gasteiger partial charge is 0.167 e. The zero-order valence-corrected chi connectivity index (χ0v) is 21.3. The Bertz CT molecular complexity index is 1360. The Hall–Kier alpha value is -3.59. The summed E-state index contributed by atoms with van der Waals surface area (Å²) in [6, 6.07) is 12.2. The van der Waals surface area contributed by atoms with Crippen LogP contribution in [0.4, 0.5) is 0 Å². The fraction of sp³-hybridized carbons (Fsp3) is 0.323. The number of aliphatic imine (C=N–C) groups is 2. The van der Waals surface area contributed by atoms with Gasteiger partial charge < -0.3 is 4.90 Å². The van der Waals surface area contributed by atoms with E-state index >= 15 is 0 Å². The lowest BCUT2D eigenvalue weighted by Crippen LogP contribution is -2.43. The minimum absolute atomic E-state index is 0.102. The van der Waals surface area contributed by atoms with Crippen molar-refractivity contribution in [2.75, 3.05) is 33.2 Å². The number of hydrogen-bond acceptors (Lipinski definition) is 5. The Kier molecular flexibility index (Phi) is 7.09. The number of hydrogen-bond donors (Lipinski definition) is 0. The molecule has 2 aromatic carbocycles. The summed E-state index contributed by atoms with van der Waals surface area (Å²) in [7, 11) is 2.18. The molecule has 0 spiro atoms. The van der Waals surface area contributed by atoms with Crippen LogP contribution < -0.4 is 0 Å². The first-order valence-electron chi connectivity index (χ1n) is 12.6. The molecule has 0 N–H and O–H groups in total. The molecule has 0 saturated carbocycles. The van der Waals surface area contributed by atoms with Crippen molar-refractivity contribution in [3.05, 3.63) is 93.7 Å². The molecule has 5 rings (SSSR count). The lowest BCUT2D eigenvalue weighted by molar-refractivity contribution is 0.0993. The van der Waals surface area contributed by atoms with Gasteiger partial charge in [0.15, 0.2) is 5.78 Å². The topological polar surface area (TPSA) is 48.3 Å². The zero-order chi connectivity index (χ0) is 25.1. The molecule has 2 aromatic rings. The monoisotopic (exact) mass is 476 g/mol. The van der Waals surface area contributed by atoms with Crippen LogP contribution in [0.1, 0.15) is 38.2 Å². The van der Waals surface area contributed by atoms with Crippen LogP contribution in [0.25, 0.3) is 0 Å². The van der Waals surface area contributed by atoms with Crippen molar-refractivity contribution in [1.29, 1.82) is 0 Å². The van der Waals surface area contributed by atoms with E-state index in [1.165, 1.54) is 11.1 Å². The van der Waals surface area contributed by atoms with Gasteiger partial charge in [0.2, 0.25) is 0 Å². The highest BCUT2D eigenvalue weighted by Crippen LogP contribution is 2.20. The van der Waals surface area contributed by atoms with E-state index in [1.54, 1.807) is 12.4 Å². The number of ketones is 1. The third kappa shape index (κ3) is 5.46. The fourth-order valence-corrected chi connectivity index (χ4v) is 4.76. The average Bonchev–Trinajstić information content (AvgIpc) is 3.29.